The quantitative estimate of drug-likeness (QED) is 0.790. The molecule has 98 valence electrons. The van der Waals surface area contributed by atoms with Gasteiger partial charge in [-0.05, 0) is 39.8 Å². The van der Waals surface area contributed by atoms with E-state index in [0.717, 1.165) is 6.42 Å². The number of carbonyl (C=O) groups is 1. The lowest BCUT2D eigenvalue weighted by Gasteiger charge is -2.43. The van der Waals surface area contributed by atoms with E-state index in [9.17, 15) is 4.79 Å². The summed E-state index contributed by atoms with van der Waals surface area (Å²) in [6, 6.07) is 1.39. The Hall–Kier alpha value is -0.610. The number of likely N-dealkylation sites (N-methyl/N-ethyl adjacent to an activating group) is 1. The van der Waals surface area contributed by atoms with Crippen LogP contribution in [-0.2, 0) is 4.79 Å². The summed E-state index contributed by atoms with van der Waals surface area (Å²) in [6.45, 7) is 0.160. The first-order valence-corrected chi connectivity index (χ1v) is 6.82. The molecule has 2 rings (SSSR count). The fourth-order valence-electron chi connectivity index (χ4n) is 3.14. The normalized spacial score (nSPS) is 29.4. The van der Waals surface area contributed by atoms with Crippen molar-refractivity contribution in [3.8, 4) is 0 Å². The van der Waals surface area contributed by atoms with E-state index in [2.05, 4.69) is 23.9 Å². The number of hydrogen-bond acceptors (Lipinski definition) is 3. The van der Waals surface area contributed by atoms with Gasteiger partial charge in [0.25, 0.3) is 0 Å². The SMILES string of the molecule is CN(C)C1CCCCC1N(C(=O)CN)C1CC1. The zero-order valence-electron chi connectivity index (χ0n) is 11.1. The van der Waals surface area contributed by atoms with Crippen LogP contribution in [0.1, 0.15) is 38.5 Å². The second kappa shape index (κ2) is 5.36. The molecule has 0 aromatic heterocycles. The van der Waals surface area contributed by atoms with Crippen molar-refractivity contribution in [3.63, 3.8) is 0 Å². The molecule has 0 radical (unpaired) electrons. The van der Waals surface area contributed by atoms with Gasteiger partial charge >= 0.3 is 0 Å². The van der Waals surface area contributed by atoms with Crippen LogP contribution in [0.2, 0.25) is 0 Å². The Labute approximate surface area is 104 Å². The van der Waals surface area contributed by atoms with Crippen LogP contribution in [0.15, 0.2) is 0 Å². The topological polar surface area (TPSA) is 49.6 Å². The van der Waals surface area contributed by atoms with E-state index in [1.165, 1.54) is 32.1 Å². The van der Waals surface area contributed by atoms with E-state index < -0.39 is 0 Å². The molecule has 0 aromatic rings. The summed E-state index contributed by atoms with van der Waals surface area (Å²) in [5, 5.41) is 0. The van der Waals surface area contributed by atoms with Gasteiger partial charge in [0.2, 0.25) is 5.91 Å². The molecule has 2 unspecified atom stereocenters. The van der Waals surface area contributed by atoms with Gasteiger partial charge in [0, 0.05) is 18.1 Å². The van der Waals surface area contributed by atoms with E-state index >= 15 is 0 Å². The van der Waals surface area contributed by atoms with Gasteiger partial charge in [0.05, 0.1) is 6.54 Å². The lowest BCUT2D eigenvalue weighted by molar-refractivity contribution is -0.134. The van der Waals surface area contributed by atoms with Crippen LogP contribution in [-0.4, -0.2) is 54.5 Å². The predicted molar refractivity (Wildman–Crippen MR) is 68.7 cm³/mol. The highest BCUT2D eigenvalue weighted by molar-refractivity contribution is 5.79. The van der Waals surface area contributed by atoms with E-state index in [1.807, 2.05) is 0 Å². The summed E-state index contributed by atoms with van der Waals surface area (Å²) in [5.74, 6) is 0.145. The molecule has 2 atom stereocenters. The standard InChI is InChI=1S/C13H25N3O/c1-15(2)11-5-3-4-6-12(11)16(10-7-8-10)13(17)9-14/h10-12H,3-9,14H2,1-2H3. The van der Waals surface area contributed by atoms with Crippen molar-refractivity contribution in [2.75, 3.05) is 20.6 Å². The van der Waals surface area contributed by atoms with E-state index in [0.29, 0.717) is 18.1 Å². The molecule has 4 heteroatoms. The molecular formula is C13H25N3O. The molecule has 0 bridgehead atoms. The smallest absolute Gasteiger partial charge is 0.236 e. The summed E-state index contributed by atoms with van der Waals surface area (Å²) in [7, 11) is 4.25. The molecule has 1 amide bonds. The Bertz CT molecular complexity index is 276. The van der Waals surface area contributed by atoms with Crippen LogP contribution in [0, 0.1) is 0 Å². The third-order valence-electron chi connectivity index (χ3n) is 4.12. The molecular weight excluding hydrogens is 214 g/mol. The molecule has 0 aromatic carbocycles. The maximum Gasteiger partial charge on any atom is 0.236 e. The van der Waals surface area contributed by atoms with Crippen molar-refractivity contribution in [3.05, 3.63) is 0 Å². The predicted octanol–water partition coefficient (Wildman–Crippen LogP) is 0.809. The van der Waals surface area contributed by atoms with Crippen molar-refractivity contribution in [1.29, 1.82) is 0 Å². The Kier molecular flexibility index (Phi) is 4.05. The summed E-state index contributed by atoms with van der Waals surface area (Å²) >= 11 is 0. The number of nitrogens with two attached hydrogens (primary N) is 1. The van der Waals surface area contributed by atoms with E-state index in [1.54, 1.807) is 0 Å². The van der Waals surface area contributed by atoms with E-state index in [-0.39, 0.29) is 12.5 Å². The minimum Gasteiger partial charge on any atom is -0.334 e. The highest BCUT2D eigenvalue weighted by Crippen LogP contribution is 2.34. The number of amides is 1. The molecule has 4 nitrogen and oxygen atoms in total. The van der Waals surface area contributed by atoms with Crippen molar-refractivity contribution in [1.82, 2.24) is 9.80 Å². The number of carbonyl (C=O) groups excluding carboxylic acids is 1. The van der Waals surface area contributed by atoms with Crippen molar-refractivity contribution in [2.45, 2.75) is 56.7 Å². The van der Waals surface area contributed by atoms with Crippen molar-refractivity contribution < 1.29 is 4.79 Å². The zero-order chi connectivity index (χ0) is 12.4. The molecule has 0 heterocycles. The van der Waals surface area contributed by atoms with Gasteiger partial charge in [-0.2, -0.15) is 0 Å². The molecule has 2 aliphatic carbocycles. The van der Waals surface area contributed by atoms with Crippen LogP contribution in [0.25, 0.3) is 0 Å². The Balaban J connectivity index is 2.11. The first-order valence-electron chi connectivity index (χ1n) is 6.82. The van der Waals surface area contributed by atoms with Gasteiger partial charge in [0.1, 0.15) is 0 Å². The number of nitrogens with zero attached hydrogens (tertiary/aromatic N) is 2. The van der Waals surface area contributed by atoms with Crippen molar-refractivity contribution >= 4 is 5.91 Å². The molecule has 2 fully saturated rings. The molecule has 2 N–H and O–H groups in total. The Morgan fingerprint density at radius 2 is 1.71 bits per heavy atom. The minimum absolute atomic E-state index is 0.145. The minimum atomic E-state index is 0.145. The molecule has 2 saturated carbocycles. The van der Waals surface area contributed by atoms with Gasteiger partial charge in [-0.25, -0.2) is 0 Å². The first kappa shape index (κ1) is 12.8. The Morgan fingerprint density at radius 3 is 2.18 bits per heavy atom. The highest BCUT2D eigenvalue weighted by Gasteiger charge is 2.41. The lowest BCUT2D eigenvalue weighted by atomic mass is 9.88. The third kappa shape index (κ3) is 2.80. The van der Waals surface area contributed by atoms with Gasteiger partial charge < -0.3 is 15.5 Å². The monoisotopic (exact) mass is 239 g/mol. The molecule has 0 saturated heterocycles. The van der Waals surface area contributed by atoms with Gasteiger partial charge in [-0.15, -0.1) is 0 Å². The number of rotatable bonds is 4. The van der Waals surface area contributed by atoms with Crippen LogP contribution in [0.4, 0.5) is 0 Å². The Morgan fingerprint density at radius 1 is 1.12 bits per heavy atom. The second-order valence-electron chi connectivity index (χ2n) is 5.62. The summed E-state index contributed by atoms with van der Waals surface area (Å²) in [6.07, 6.45) is 7.22. The number of hydrogen-bond donors (Lipinski definition) is 1. The van der Waals surface area contributed by atoms with Gasteiger partial charge in [0.15, 0.2) is 0 Å². The van der Waals surface area contributed by atoms with Gasteiger partial charge in [-0.3, -0.25) is 4.79 Å². The van der Waals surface area contributed by atoms with Crippen molar-refractivity contribution in [2.24, 2.45) is 5.73 Å². The summed E-state index contributed by atoms with van der Waals surface area (Å²) < 4.78 is 0. The van der Waals surface area contributed by atoms with Crippen LogP contribution >= 0.6 is 0 Å². The molecule has 2 aliphatic rings. The summed E-state index contributed by atoms with van der Waals surface area (Å²) in [5.41, 5.74) is 5.56. The molecule has 0 spiro atoms. The first-order chi connectivity index (χ1) is 8.15. The zero-order valence-corrected chi connectivity index (χ0v) is 11.1. The average Bonchev–Trinajstić information content (AvgIpc) is 3.14. The average molecular weight is 239 g/mol. The molecule has 0 aliphatic heterocycles. The van der Waals surface area contributed by atoms with Crippen LogP contribution in [0.3, 0.4) is 0 Å². The fourth-order valence-corrected chi connectivity index (χ4v) is 3.14. The summed E-state index contributed by atoms with van der Waals surface area (Å²) in [4.78, 5) is 16.4. The molecule has 17 heavy (non-hydrogen) atoms. The third-order valence-corrected chi connectivity index (χ3v) is 4.12. The second-order valence-corrected chi connectivity index (χ2v) is 5.62. The maximum absolute atomic E-state index is 12.0. The highest BCUT2D eigenvalue weighted by atomic mass is 16.2. The maximum atomic E-state index is 12.0. The van der Waals surface area contributed by atoms with Crippen LogP contribution < -0.4 is 5.73 Å². The van der Waals surface area contributed by atoms with Gasteiger partial charge in [-0.1, -0.05) is 12.8 Å². The fraction of sp³-hybridized carbons (Fsp3) is 0.923. The largest absolute Gasteiger partial charge is 0.334 e. The van der Waals surface area contributed by atoms with Crippen LogP contribution in [0.5, 0.6) is 0 Å². The lowest BCUT2D eigenvalue weighted by Crippen LogP contribution is -2.55. The van der Waals surface area contributed by atoms with E-state index in [4.69, 9.17) is 5.73 Å².